The van der Waals surface area contributed by atoms with E-state index in [0.717, 1.165) is 5.69 Å². The molecule has 0 atom stereocenters. The summed E-state index contributed by atoms with van der Waals surface area (Å²) in [4.78, 5) is 32.4. The maximum atomic E-state index is 14.1. The molecule has 0 aliphatic rings. The van der Waals surface area contributed by atoms with Crippen LogP contribution in [0.3, 0.4) is 0 Å². The molecule has 1 heterocycles. The molecule has 2 N–H and O–H groups in total. The van der Waals surface area contributed by atoms with Crippen LogP contribution in [-0.4, -0.2) is 38.4 Å². The van der Waals surface area contributed by atoms with Crippen molar-refractivity contribution < 1.29 is 19.1 Å². The van der Waals surface area contributed by atoms with Crippen molar-refractivity contribution in [2.24, 2.45) is 0 Å². The van der Waals surface area contributed by atoms with Crippen LogP contribution in [-0.2, 0) is 11.3 Å². The van der Waals surface area contributed by atoms with Crippen molar-refractivity contribution in [2.45, 2.75) is 13.5 Å². The number of carboxylic acids is 1. The number of carbonyl (C=O) groups excluding carboxylic acids is 1. The molecule has 0 fully saturated rings. The summed E-state index contributed by atoms with van der Waals surface area (Å²) in [6, 6.07) is 12.8. The van der Waals surface area contributed by atoms with Gasteiger partial charge in [0, 0.05) is 16.8 Å². The Morgan fingerprint density at radius 3 is 2.63 bits per heavy atom. The Labute approximate surface area is 155 Å². The second kappa shape index (κ2) is 7.82. The summed E-state index contributed by atoms with van der Waals surface area (Å²) in [6.07, 6.45) is 1.49. The Morgan fingerprint density at radius 2 is 1.96 bits per heavy atom. The van der Waals surface area contributed by atoms with E-state index in [0.29, 0.717) is 16.8 Å². The fourth-order valence-corrected chi connectivity index (χ4v) is 2.79. The average Bonchev–Trinajstić information content (AvgIpc) is 3.05. The van der Waals surface area contributed by atoms with E-state index in [1.165, 1.54) is 17.3 Å². The lowest BCUT2D eigenvalue weighted by Gasteiger charge is -2.20. The molecule has 0 unspecified atom stereocenters. The number of H-pyrrole nitrogens is 1. The van der Waals surface area contributed by atoms with Crippen LogP contribution < -0.4 is 0 Å². The Morgan fingerprint density at radius 1 is 1.19 bits per heavy atom. The molecule has 0 aliphatic carbocycles. The van der Waals surface area contributed by atoms with Gasteiger partial charge < -0.3 is 15.0 Å². The highest BCUT2D eigenvalue weighted by atomic mass is 19.1. The molecular weight excluding hydrogens is 349 g/mol. The first kappa shape index (κ1) is 18.3. The van der Waals surface area contributed by atoms with Crippen LogP contribution in [0.2, 0.25) is 0 Å². The van der Waals surface area contributed by atoms with Crippen molar-refractivity contribution in [1.29, 1.82) is 0 Å². The number of halogens is 1. The van der Waals surface area contributed by atoms with Crippen LogP contribution in [0.1, 0.15) is 21.7 Å². The third-order valence-electron chi connectivity index (χ3n) is 4.18. The van der Waals surface area contributed by atoms with E-state index in [9.17, 15) is 19.1 Å². The minimum atomic E-state index is -1.12. The molecule has 138 valence electrons. The van der Waals surface area contributed by atoms with Gasteiger partial charge >= 0.3 is 5.97 Å². The number of aliphatic carboxylic acids is 1. The Kier molecular flexibility index (Phi) is 5.30. The summed E-state index contributed by atoms with van der Waals surface area (Å²) in [7, 11) is 0. The van der Waals surface area contributed by atoms with Gasteiger partial charge in [0.1, 0.15) is 12.4 Å². The number of aromatic nitrogens is 2. The zero-order valence-corrected chi connectivity index (χ0v) is 14.6. The maximum absolute atomic E-state index is 14.1. The highest BCUT2D eigenvalue weighted by molar-refractivity contribution is 5.97. The molecule has 0 saturated carbocycles. The van der Waals surface area contributed by atoms with Gasteiger partial charge in [-0.2, -0.15) is 0 Å². The smallest absolute Gasteiger partial charge is 0.323 e. The number of aryl methyl sites for hydroxylation is 1. The van der Waals surface area contributed by atoms with E-state index in [-0.39, 0.29) is 12.1 Å². The van der Waals surface area contributed by atoms with Crippen molar-refractivity contribution in [2.75, 3.05) is 6.54 Å². The number of benzene rings is 2. The molecule has 1 amide bonds. The van der Waals surface area contributed by atoms with Gasteiger partial charge in [0.15, 0.2) is 0 Å². The second-order valence-electron chi connectivity index (χ2n) is 6.09. The molecule has 6 nitrogen and oxygen atoms in total. The van der Waals surface area contributed by atoms with E-state index in [1.807, 2.05) is 0 Å². The topological polar surface area (TPSA) is 86.3 Å². The van der Waals surface area contributed by atoms with E-state index in [1.54, 1.807) is 49.4 Å². The highest BCUT2D eigenvalue weighted by Gasteiger charge is 2.21. The van der Waals surface area contributed by atoms with Gasteiger partial charge in [-0.05, 0) is 30.7 Å². The summed E-state index contributed by atoms with van der Waals surface area (Å²) in [6.45, 7) is 1.39. The third kappa shape index (κ3) is 4.20. The third-order valence-corrected chi connectivity index (χ3v) is 4.18. The molecule has 0 bridgehead atoms. The molecule has 2 aromatic carbocycles. The number of amides is 1. The van der Waals surface area contributed by atoms with Crippen LogP contribution in [0.5, 0.6) is 0 Å². The molecule has 3 rings (SSSR count). The fourth-order valence-electron chi connectivity index (χ4n) is 2.79. The first-order valence-electron chi connectivity index (χ1n) is 8.30. The van der Waals surface area contributed by atoms with Crippen LogP contribution >= 0.6 is 0 Å². The summed E-state index contributed by atoms with van der Waals surface area (Å²) >= 11 is 0. The predicted octanol–water partition coefficient (Wildman–Crippen LogP) is 3.25. The molecule has 3 aromatic rings. The SMILES string of the molecule is Cc1[nH]cnc1CN(CC(=O)O)C(=O)c1cccc(-c2ccccc2F)c1. The fraction of sp³-hybridized carbons (Fsp3) is 0.150. The van der Waals surface area contributed by atoms with Crippen molar-refractivity contribution >= 4 is 11.9 Å². The van der Waals surface area contributed by atoms with Gasteiger partial charge in [0.25, 0.3) is 5.91 Å². The lowest BCUT2D eigenvalue weighted by atomic mass is 10.0. The minimum absolute atomic E-state index is 0.0599. The number of aromatic amines is 1. The van der Waals surface area contributed by atoms with Crippen LogP contribution in [0.4, 0.5) is 4.39 Å². The molecule has 27 heavy (non-hydrogen) atoms. The van der Waals surface area contributed by atoms with Gasteiger partial charge in [-0.25, -0.2) is 9.37 Å². The van der Waals surface area contributed by atoms with E-state index in [2.05, 4.69) is 9.97 Å². The molecule has 0 spiro atoms. The monoisotopic (exact) mass is 367 g/mol. The summed E-state index contributed by atoms with van der Waals surface area (Å²) in [5, 5.41) is 9.17. The highest BCUT2D eigenvalue weighted by Crippen LogP contribution is 2.24. The summed E-state index contributed by atoms with van der Waals surface area (Å²) in [5.41, 5.74) is 2.56. The zero-order valence-electron chi connectivity index (χ0n) is 14.6. The number of hydrogen-bond donors (Lipinski definition) is 2. The van der Waals surface area contributed by atoms with Gasteiger partial charge in [0.2, 0.25) is 0 Å². The van der Waals surface area contributed by atoms with Gasteiger partial charge in [-0.15, -0.1) is 0 Å². The van der Waals surface area contributed by atoms with Gasteiger partial charge in [0.05, 0.1) is 18.6 Å². The number of nitrogens with zero attached hydrogens (tertiary/aromatic N) is 2. The van der Waals surface area contributed by atoms with Crippen molar-refractivity contribution in [1.82, 2.24) is 14.9 Å². The molecule has 0 saturated heterocycles. The Balaban J connectivity index is 1.92. The molecule has 0 radical (unpaired) electrons. The number of imidazole rings is 1. The number of rotatable bonds is 6. The van der Waals surface area contributed by atoms with Crippen molar-refractivity contribution in [3.8, 4) is 11.1 Å². The Hall–Kier alpha value is -3.48. The maximum Gasteiger partial charge on any atom is 0.323 e. The standard InChI is InChI=1S/C20H18FN3O3/c1-13-18(23-12-22-13)10-24(11-19(25)26)20(27)15-6-4-5-14(9-15)16-7-2-3-8-17(16)21/h2-9,12H,10-11H2,1H3,(H,22,23)(H,25,26). The van der Waals surface area contributed by atoms with E-state index < -0.39 is 24.2 Å². The van der Waals surface area contributed by atoms with Crippen LogP contribution in [0, 0.1) is 12.7 Å². The summed E-state index contributed by atoms with van der Waals surface area (Å²) < 4.78 is 14.1. The lowest BCUT2D eigenvalue weighted by Crippen LogP contribution is -2.35. The van der Waals surface area contributed by atoms with Crippen LogP contribution in [0.15, 0.2) is 54.9 Å². The first-order valence-corrected chi connectivity index (χ1v) is 8.30. The zero-order chi connectivity index (χ0) is 19.4. The first-order chi connectivity index (χ1) is 13.0. The number of nitrogens with one attached hydrogen (secondary N) is 1. The number of carbonyl (C=O) groups is 2. The normalized spacial score (nSPS) is 10.6. The lowest BCUT2D eigenvalue weighted by molar-refractivity contribution is -0.137. The van der Waals surface area contributed by atoms with E-state index in [4.69, 9.17) is 0 Å². The largest absolute Gasteiger partial charge is 0.480 e. The second-order valence-corrected chi connectivity index (χ2v) is 6.09. The Bertz CT molecular complexity index is 984. The number of carboxylic acid groups (broad SMARTS) is 1. The van der Waals surface area contributed by atoms with Crippen LogP contribution in [0.25, 0.3) is 11.1 Å². The van der Waals surface area contributed by atoms with Gasteiger partial charge in [-0.3, -0.25) is 9.59 Å². The quantitative estimate of drug-likeness (QED) is 0.700. The summed E-state index contributed by atoms with van der Waals surface area (Å²) in [5.74, 6) is -1.98. The molecule has 7 heteroatoms. The predicted molar refractivity (Wildman–Crippen MR) is 97.5 cm³/mol. The minimum Gasteiger partial charge on any atom is -0.480 e. The van der Waals surface area contributed by atoms with Gasteiger partial charge in [-0.1, -0.05) is 30.3 Å². The average molecular weight is 367 g/mol. The molecule has 0 aliphatic heterocycles. The molecule has 1 aromatic heterocycles. The molecular formula is C20H18FN3O3. The number of hydrogen-bond acceptors (Lipinski definition) is 3. The van der Waals surface area contributed by atoms with Crippen molar-refractivity contribution in [3.05, 3.63) is 77.6 Å². The van der Waals surface area contributed by atoms with E-state index >= 15 is 0 Å². The van der Waals surface area contributed by atoms with Crippen molar-refractivity contribution in [3.63, 3.8) is 0 Å².